The molecule has 0 amide bonds. The van der Waals surface area contributed by atoms with E-state index >= 15 is 0 Å². The Balaban J connectivity index is 2.00. The molecule has 2 nitrogen and oxygen atoms in total. The van der Waals surface area contributed by atoms with E-state index in [1.54, 1.807) is 12.1 Å². The third kappa shape index (κ3) is 1.65. The van der Waals surface area contributed by atoms with Crippen LogP contribution in [0.2, 0.25) is 0 Å². The largest absolute Gasteiger partial charge is 0.331 e. The van der Waals surface area contributed by atoms with Crippen LogP contribution >= 0.6 is 12.2 Å². The summed E-state index contributed by atoms with van der Waals surface area (Å²) in [6.45, 7) is 7.09. The van der Waals surface area contributed by atoms with E-state index in [2.05, 4.69) is 30.3 Å². The van der Waals surface area contributed by atoms with Gasteiger partial charge in [0.05, 0.1) is 11.0 Å². The SMILES string of the molecule is CC12CCC(C1)C(C)(C)C2n1c(=S)[nH]c2ccc(F)cc21. The number of fused-ring (bicyclic) bond motifs is 3. The van der Waals surface area contributed by atoms with E-state index in [9.17, 15) is 4.39 Å². The molecule has 2 fully saturated rings. The highest BCUT2D eigenvalue weighted by Crippen LogP contribution is 2.68. The van der Waals surface area contributed by atoms with Crippen LogP contribution < -0.4 is 0 Å². The summed E-state index contributed by atoms with van der Waals surface area (Å²) in [5.41, 5.74) is 2.32. The molecule has 1 aromatic carbocycles. The Kier molecular flexibility index (Phi) is 2.56. The summed E-state index contributed by atoms with van der Waals surface area (Å²) in [6.07, 6.45) is 3.81. The molecular weight excluding hydrogens is 283 g/mol. The van der Waals surface area contributed by atoms with Gasteiger partial charge in [-0.25, -0.2) is 4.39 Å². The molecule has 1 heterocycles. The Morgan fingerprint density at radius 1 is 1.33 bits per heavy atom. The number of H-pyrrole nitrogens is 1. The second-order valence-corrected chi connectivity index (χ2v) is 8.17. The summed E-state index contributed by atoms with van der Waals surface area (Å²) in [7, 11) is 0. The summed E-state index contributed by atoms with van der Waals surface area (Å²) in [5, 5.41) is 0. The van der Waals surface area contributed by atoms with Gasteiger partial charge in [0, 0.05) is 6.04 Å². The summed E-state index contributed by atoms with van der Waals surface area (Å²) >= 11 is 5.59. The molecule has 1 aromatic heterocycles. The normalized spacial score (nSPS) is 33.9. The van der Waals surface area contributed by atoms with Crippen LogP contribution in [0.1, 0.15) is 46.1 Å². The standard InChI is InChI=1S/C17H21FN2S/c1-16(2)10-6-7-17(3,9-10)14(16)20-13-8-11(18)4-5-12(13)19-15(20)21/h4-5,8,10,14H,6-7,9H2,1-3H3,(H,19,21). The molecule has 112 valence electrons. The Morgan fingerprint density at radius 3 is 2.76 bits per heavy atom. The first-order valence-corrected chi connectivity index (χ1v) is 8.13. The van der Waals surface area contributed by atoms with Crippen molar-refractivity contribution in [3.8, 4) is 0 Å². The van der Waals surface area contributed by atoms with Crippen molar-refractivity contribution in [1.29, 1.82) is 0 Å². The van der Waals surface area contributed by atoms with Gasteiger partial charge in [0.25, 0.3) is 0 Å². The molecule has 3 atom stereocenters. The monoisotopic (exact) mass is 304 g/mol. The molecule has 4 rings (SSSR count). The fourth-order valence-electron chi connectivity index (χ4n) is 5.27. The van der Waals surface area contributed by atoms with Crippen LogP contribution in [0.15, 0.2) is 18.2 Å². The van der Waals surface area contributed by atoms with Crippen LogP contribution in [0.25, 0.3) is 11.0 Å². The van der Waals surface area contributed by atoms with E-state index in [-0.39, 0.29) is 16.6 Å². The summed E-state index contributed by atoms with van der Waals surface area (Å²) < 4.78 is 16.7. The molecule has 2 bridgehead atoms. The minimum Gasteiger partial charge on any atom is -0.331 e. The zero-order valence-electron chi connectivity index (χ0n) is 12.7. The van der Waals surface area contributed by atoms with Crippen molar-refractivity contribution in [3.63, 3.8) is 0 Å². The maximum Gasteiger partial charge on any atom is 0.178 e. The lowest BCUT2D eigenvalue weighted by atomic mass is 9.68. The lowest BCUT2D eigenvalue weighted by Crippen LogP contribution is -2.37. The van der Waals surface area contributed by atoms with Gasteiger partial charge in [0.15, 0.2) is 4.77 Å². The van der Waals surface area contributed by atoms with Crippen molar-refractivity contribution in [2.24, 2.45) is 16.7 Å². The average Bonchev–Trinajstić information content (AvgIpc) is 2.98. The minimum absolute atomic E-state index is 0.198. The zero-order chi connectivity index (χ0) is 15.0. The highest BCUT2D eigenvalue weighted by Gasteiger charge is 2.60. The molecule has 0 saturated heterocycles. The number of aromatic nitrogens is 2. The van der Waals surface area contributed by atoms with E-state index in [0.717, 1.165) is 21.7 Å². The number of nitrogens with one attached hydrogen (secondary N) is 1. The van der Waals surface area contributed by atoms with Gasteiger partial charge in [-0.1, -0.05) is 20.8 Å². The van der Waals surface area contributed by atoms with Crippen molar-refractivity contribution < 1.29 is 4.39 Å². The highest BCUT2D eigenvalue weighted by molar-refractivity contribution is 7.71. The summed E-state index contributed by atoms with van der Waals surface area (Å²) in [4.78, 5) is 3.26. The molecule has 1 N–H and O–H groups in total. The smallest absolute Gasteiger partial charge is 0.178 e. The molecular formula is C17H21FN2S. The quantitative estimate of drug-likeness (QED) is 0.716. The van der Waals surface area contributed by atoms with E-state index in [1.165, 1.54) is 25.3 Å². The second-order valence-electron chi connectivity index (χ2n) is 7.78. The Bertz CT molecular complexity index is 783. The van der Waals surface area contributed by atoms with Crippen LogP contribution in [0.3, 0.4) is 0 Å². The van der Waals surface area contributed by atoms with Crippen LogP contribution in [0, 0.1) is 27.3 Å². The number of hydrogen-bond donors (Lipinski definition) is 1. The van der Waals surface area contributed by atoms with Gasteiger partial charge < -0.3 is 9.55 Å². The van der Waals surface area contributed by atoms with Crippen molar-refractivity contribution in [2.45, 2.75) is 46.1 Å². The molecule has 21 heavy (non-hydrogen) atoms. The number of imidazole rings is 1. The van der Waals surface area contributed by atoms with Crippen molar-refractivity contribution in [2.75, 3.05) is 0 Å². The Hall–Kier alpha value is -1.16. The van der Waals surface area contributed by atoms with E-state index < -0.39 is 0 Å². The first kappa shape index (κ1) is 13.5. The molecule has 4 heteroatoms. The van der Waals surface area contributed by atoms with Gasteiger partial charge in [-0.05, 0) is 66.4 Å². The van der Waals surface area contributed by atoms with Gasteiger partial charge in [-0.3, -0.25) is 0 Å². The number of rotatable bonds is 1. The van der Waals surface area contributed by atoms with Crippen LogP contribution in [0.5, 0.6) is 0 Å². The predicted molar refractivity (Wildman–Crippen MR) is 85.3 cm³/mol. The maximum absolute atomic E-state index is 13.7. The predicted octanol–water partition coefficient (Wildman–Crippen LogP) is 5.23. The molecule has 3 unspecified atom stereocenters. The van der Waals surface area contributed by atoms with Crippen molar-refractivity contribution in [3.05, 3.63) is 28.8 Å². The van der Waals surface area contributed by atoms with Gasteiger partial charge >= 0.3 is 0 Å². The van der Waals surface area contributed by atoms with Gasteiger partial charge in [-0.2, -0.15) is 0 Å². The molecule has 2 saturated carbocycles. The molecule has 0 radical (unpaired) electrons. The minimum atomic E-state index is -0.198. The third-order valence-corrected chi connectivity index (χ3v) is 6.43. The summed E-state index contributed by atoms with van der Waals surface area (Å²) in [5.74, 6) is 0.546. The van der Waals surface area contributed by atoms with Crippen LogP contribution in [0.4, 0.5) is 4.39 Å². The molecule has 2 aromatic rings. The first-order chi connectivity index (χ1) is 9.83. The molecule has 2 aliphatic carbocycles. The number of benzene rings is 1. The molecule has 0 spiro atoms. The van der Waals surface area contributed by atoms with E-state index in [1.807, 2.05) is 0 Å². The van der Waals surface area contributed by atoms with Crippen LogP contribution in [-0.2, 0) is 0 Å². The average molecular weight is 304 g/mol. The number of halogens is 1. The van der Waals surface area contributed by atoms with E-state index in [0.29, 0.717) is 6.04 Å². The van der Waals surface area contributed by atoms with E-state index in [4.69, 9.17) is 12.2 Å². The van der Waals surface area contributed by atoms with Gasteiger partial charge in [0.1, 0.15) is 5.82 Å². The Morgan fingerprint density at radius 2 is 2.10 bits per heavy atom. The third-order valence-electron chi connectivity index (χ3n) is 6.13. The number of hydrogen-bond acceptors (Lipinski definition) is 1. The lowest BCUT2D eigenvalue weighted by molar-refractivity contribution is 0.0855. The fraction of sp³-hybridized carbons (Fsp3) is 0.588. The lowest BCUT2D eigenvalue weighted by Gasteiger charge is -2.43. The fourth-order valence-corrected chi connectivity index (χ4v) is 5.58. The topological polar surface area (TPSA) is 20.7 Å². The van der Waals surface area contributed by atoms with Gasteiger partial charge in [0.2, 0.25) is 0 Å². The van der Waals surface area contributed by atoms with Crippen molar-refractivity contribution in [1.82, 2.24) is 9.55 Å². The zero-order valence-corrected chi connectivity index (χ0v) is 13.6. The van der Waals surface area contributed by atoms with Crippen molar-refractivity contribution >= 4 is 23.3 Å². The number of nitrogens with zero attached hydrogens (tertiary/aromatic N) is 1. The highest BCUT2D eigenvalue weighted by atomic mass is 32.1. The second kappa shape index (κ2) is 3.97. The molecule has 2 aliphatic rings. The first-order valence-electron chi connectivity index (χ1n) is 7.73. The molecule has 0 aliphatic heterocycles. The number of aromatic amines is 1. The van der Waals surface area contributed by atoms with Crippen LogP contribution in [-0.4, -0.2) is 9.55 Å². The maximum atomic E-state index is 13.7. The summed E-state index contributed by atoms with van der Waals surface area (Å²) in [6, 6.07) is 5.24. The van der Waals surface area contributed by atoms with Gasteiger partial charge in [-0.15, -0.1) is 0 Å². The Labute approximate surface area is 129 Å².